The first-order chi connectivity index (χ1) is 12.4. The van der Waals surface area contributed by atoms with E-state index in [-0.39, 0.29) is 24.0 Å². The third-order valence-electron chi connectivity index (χ3n) is 3.97. The molecule has 148 valence electrons. The second-order valence-corrected chi connectivity index (χ2v) is 9.24. The summed E-state index contributed by atoms with van der Waals surface area (Å²) >= 11 is 10.2. The standard InChI is InChI=1S/C19H28N4O2S2/c1-18(2,3)12-9-11(20-15-21-16(26)23-17(27)22-15)10-13(19(4,5)6)14(12)25-8-7-24/h9-10,24H,7-8H2,1-6H3,(H3,20,21,22,23,26,27). The molecule has 6 nitrogen and oxygen atoms in total. The number of aliphatic hydroxyl groups is 1. The molecule has 0 aliphatic heterocycles. The van der Waals surface area contributed by atoms with Crippen LogP contribution in [0.3, 0.4) is 0 Å². The topological polar surface area (TPSA) is 86.0 Å². The molecular formula is C19H28N4O2S2. The summed E-state index contributed by atoms with van der Waals surface area (Å²) < 4.78 is 6.70. The zero-order valence-corrected chi connectivity index (χ0v) is 18.3. The molecule has 0 amide bonds. The van der Waals surface area contributed by atoms with Crippen LogP contribution in [0, 0.1) is 9.54 Å². The van der Waals surface area contributed by atoms with Crippen molar-refractivity contribution in [2.75, 3.05) is 18.5 Å². The predicted molar refractivity (Wildman–Crippen MR) is 114 cm³/mol. The molecule has 1 aromatic heterocycles. The van der Waals surface area contributed by atoms with Crippen LogP contribution in [-0.2, 0) is 10.8 Å². The van der Waals surface area contributed by atoms with E-state index in [1.165, 1.54) is 0 Å². The van der Waals surface area contributed by atoms with E-state index < -0.39 is 0 Å². The maximum Gasteiger partial charge on any atom is 0.209 e. The number of aromatic amines is 2. The van der Waals surface area contributed by atoms with Crippen LogP contribution in [0.5, 0.6) is 5.75 Å². The molecule has 1 heterocycles. The highest BCUT2D eigenvalue weighted by molar-refractivity contribution is 7.71. The minimum atomic E-state index is -0.156. The van der Waals surface area contributed by atoms with Gasteiger partial charge in [-0.25, -0.2) is 0 Å². The Balaban J connectivity index is 2.65. The fourth-order valence-electron chi connectivity index (χ4n) is 2.71. The van der Waals surface area contributed by atoms with Gasteiger partial charge < -0.3 is 25.1 Å². The van der Waals surface area contributed by atoms with Crippen LogP contribution in [0.1, 0.15) is 52.7 Å². The maximum atomic E-state index is 9.24. The minimum Gasteiger partial charge on any atom is -0.491 e. The number of rotatable bonds is 5. The number of hydrogen-bond acceptors (Lipinski definition) is 6. The summed E-state index contributed by atoms with van der Waals surface area (Å²) in [5.41, 5.74) is 2.64. The Labute approximate surface area is 170 Å². The third-order valence-corrected chi connectivity index (χ3v) is 4.37. The molecule has 0 fully saturated rings. The summed E-state index contributed by atoms with van der Waals surface area (Å²) in [5.74, 6) is 1.30. The molecule has 0 radical (unpaired) electrons. The lowest BCUT2D eigenvalue weighted by atomic mass is 9.79. The quantitative estimate of drug-likeness (QED) is 0.526. The SMILES string of the molecule is CC(C)(C)c1cc(Nc2nc(=S)[nH]c(=S)[nH]2)cc(C(C)(C)C)c1OCCO. The second-order valence-electron chi connectivity index (χ2n) is 8.44. The Kier molecular flexibility index (Phi) is 6.44. The van der Waals surface area contributed by atoms with E-state index in [0.717, 1.165) is 22.6 Å². The average molecular weight is 409 g/mol. The molecule has 0 saturated carbocycles. The summed E-state index contributed by atoms with van der Waals surface area (Å²) in [5, 5.41) is 12.5. The number of hydrogen-bond donors (Lipinski definition) is 4. The summed E-state index contributed by atoms with van der Waals surface area (Å²) in [7, 11) is 0. The van der Waals surface area contributed by atoms with Gasteiger partial charge in [0.25, 0.3) is 0 Å². The van der Waals surface area contributed by atoms with Gasteiger partial charge in [0.1, 0.15) is 12.4 Å². The molecule has 2 rings (SSSR count). The van der Waals surface area contributed by atoms with Crippen molar-refractivity contribution in [3.8, 4) is 5.75 Å². The number of nitrogens with one attached hydrogen (secondary N) is 3. The Morgan fingerprint density at radius 3 is 2.04 bits per heavy atom. The first-order valence-corrected chi connectivity index (χ1v) is 9.64. The van der Waals surface area contributed by atoms with E-state index in [1.807, 2.05) is 12.1 Å². The molecule has 0 saturated heterocycles. The summed E-state index contributed by atoms with van der Waals surface area (Å²) in [6.45, 7) is 13.0. The van der Waals surface area contributed by atoms with Gasteiger partial charge in [0.2, 0.25) is 10.7 Å². The molecule has 1 aromatic carbocycles. The van der Waals surface area contributed by atoms with Crippen LogP contribution in [0.4, 0.5) is 11.6 Å². The van der Waals surface area contributed by atoms with E-state index in [4.69, 9.17) is 29.2 Å². The normalized spacial score (nSPS) is 12.1. The Hall–Kier alpha value is -1.77. The highest BCUT2D eigenvalue weighted by atomic mass is 32.1. The molecule has 8 heteroatoms. The Morgan fingerprint density at radius 1 is 1.04 bits per heavy atom. The largest absolute Gasteiger partial charge is 0.491 e. The van der Waals surface area contributed by atoms with Crippen molar-refractivity contribution >= 4 is 36.1 Å². The van der Waals surface area contributed by atoms with E-state index in [0.29, 0.717) is 15.5 Å². The number of benzene rings is 1. The zero-order chi connectivity index (χ0) is 20.4. The van der Waals surface area contributed by atoms with Gasteiger partial charge in [0, 0.05) is 16.8 Å². The number of aromatic nitrogens is 3. The molecule has 27 heavy (non-hydrogen) atoms. The van der Waals surface area contributed by atoms with Crippen LogP contribution in [0.2, 0.25) is 0 Å². The van der Waals surface area contributed by atoms with Crippen molar-refractivity contribution in [1.29, 1.82) is 0 Å². The summed E-state index contributed by atoms with van der Waals surface area (Å²) in [6.07, 6.45) is 0. The van der Waals surface area contributed by atoms with Crippen LogP contribution < -0.4 is 10.1 Å². The van der Waals surface area contributed by atoms with Crippen molar-refractivity contribution in [3.63, 3.8) is 0 Å². The van der Waals surface area contributed by atoms with Crippen LogP contribution in [0.15, 0.2) is 12.1 Å². The third kappa shape index (κ3) is 5.60. The molecule has 0 bridgehead atoms. The zero-order valence-electron chi connectivity index (χ0n) is 16.7. The number of ether oxygens (including phenoxy) is 1. The first kappa shape index (κ1) is 21.5. The highest BCUT2D eigenvalue weighted by Gasteiger charge is 2.28. The molecule has 0 atom stereocenters. The van der Waals surface area contributed by atoms with Gasteiger partial charge in [-0.2, -0.15) is 4.98 Å². The minimum absolute atomic E-state index is 0.0320. The lowest BCUT2D eigenvalue weighted by molar-refractivity contribution is 0.196. The molecule has 0 aliphatic rings. The molecule has 2 aromatic rings. The van der Waals surface area contributed by atoms with Gasteiger partial charge in [-0.15, -0.1) is 0 Å². The van der Waals surface area contributed by atoms with Crippen molar-refractivity contribution < 1.29 is 9.84 Å². The van der Waals surface area contributed by atoms with E-state index in [9.17, 15) is 5.11 Å². The van der Waals surface area contributed by atoms with E-state index >= 15 is 0 Å². The van der Waals surface area contributed by atoms with Crippen LogP contribution in [-0.4, -0.2) is 33.3 Å². The molecule has 4 N–H and O–H groups in total. The molecule has 0 unspecified atom stereocenters. The van der Waals surface area contributed by atoms with Crippen molar-refractivity contribution in [3.05, 3.63) is 32.8 Å². The van der Waals surface area contributed by atoms with Crippen molar-refractivity contribution in [2.24, 2.45) is 0 Å². The Morgan fingerprint density at radius 2 is 1.59 bits per heavy atom. The molecule has 0 spiro atoms. The van der Waals surface area contributed by atoms with Crippen molar-refractivity contribution in [1.82, 2.24) is 15.0 Å². The summed E-state index contributed by atoms with van der Waals surface area (Å²) in [4.78, 5) is 9.99. The summed E-state index contributed by atoms with van der Waals surface area (Å²) in [6, 6.07) is 4.08. The van der Waals surface area contributed by atoms with E-state index in [1.54, 1.807) is 0 Å². The number of aliphatic hydroxyl groups excluding tert-OH is 1. The van der Waals surface area contributed by atoms with Gasteiger partial charge in [-0.1, -0.05) is 41.5 Å². The fraction of sp³-hybridized carbons (Fsp3) is 0.526. The number of H-pyrrole nitrogens is 2. The van der Waals surface area contributed by atoms with Crippen LogP contribution >= 0.6 is 24.4 Å². The second kappa shape index (κ2) is 8.08. The lowest BCUT2D eigenvalue weighted by Crippen LogP contribution is -2.21. The van der Waals surface area contributed by atoms with Gasteiger partial charge >= 0.3 is 0 Å². The van der Waals surface area contributed by atoms with Crippen LogP contribution in [0.25, 0.3) is 0 Å². The van der Waals surface area contributed by atoms with Gasteiger partial charge in [-0.05, 0) is 47.4 Å². The van der Waals surface area contributed by atoms with Gasteiger partial charge in [-0.3, -0.25) is 0 Å². The monoisotopic (exact) mass is 408 g/mol. The molecular weight excluding hydrogens is 380 g/mol. The van der Waals surface area contributed by atoms with Crippen molar-refractivity contribution in [2.45, 2.75) is 52.4 Å². The number of anilines is 2. The number of nitrogens with zero attached hydrogens (tertiary/aromatic N) is 1. The smallest absolute Gasteiger partial charge is 0.209 e. The van der Waals surface area contributed by atoms with Gasteiger partial charge in [0.15, 0.2) is 4.77 Å². The average Bonchev–Trinajstić information content (AvgIpc) is 2.50. The lowest BCUT2D eigenvalue weighted by Gasteiger charge is -2.30. The predicted octanol–water partition coefficient (Wildman–Crippen LogP) is 4.91. The Bertz CT molecular complexity index is 858. The first-order valence-electron chi connectivity index (χ1n) is 8.82. The van der Waals surface area contributed by atoms with Gasteiger partial charge in [0.05, 0.1) is 6.61 Å². The fourth-order valence-corrected chi connectivity index (χ4v) is 3.16. The molecule has 0 aliphatic carbocycles. The van der Waals surface area contributed by atoms with E-state index in [2.05, 4.69) is 61.8 Å². The maximum absolute atomic E-state index is 9.24. The highest BCUT2D eigenvalue weighted by Crippen LogP contribution is 2.42.